The molecule has 14 heavy (non-hydrogen) atoms. The van der Waals surface area contributed by atoms with Crippen LogP contribution >= 0.6 is 0 Å². The Hall–Kier alpha value is -1.16. The van der Waals surface area contributed by atoms with Gasteiger partial charge < -0.3 is 10.4 Å². The normalized spacial score (nSPS) is 11.4. The van der Waals surface area contributed by atoms with Crippen LogP contribution in [0.3, 0.4) is 0 Å². The number of aromatic nitrogens is 2. The molecule has 0 amide bonds. The van der Waals surface area contributed by atoms with Gasteiger partial charge in [-0.1, -0.05) is 13.8 Å². The zero-order valence-corrected chi connectivity index (χ0v) is 8.70. The molecule has 0 saturated carbocycles. The molecule has 1 aromatic rings. The second-order valence-corrected chi connectivity index (χ2v) is 3.38. The van der Waals surface area contributed by atoms with E-state index in [1.165, 1.54) is 6.33 Å². The average molecular weight is 195 g/mol. The summed E-state index contributed by atoms with van der Waals surface area (Å²) >= 11 is 0. The van der Waals surface area contributed by atoms with Crippen molar-refractivity contribution in [3.63, 3.8) is 0 Å². The Balaban J connectivity index is 2.48. The average Bonchev–Trinajstić information content (AvgIpc) is 2.27. The molecule has 0 aliphatic rings. The van der Waals surface area contributed by atoms with Crippen LogP contribution in [0.5, 0.6) is 0 Å². The lowest BCUT2D eigenvalue weighted by atomic mass is 9.98. The van der Waals surface area contributed by atoms with Gasteiger partial charge in [0, 0.05) is 12.7 Å². The van der Waals surface area contributed by atoms with Crippen LogP contribution in [0.1, 0.15) is 26.7 Å². The van der Waals surface area contributed by atoms with Crippen LogP contribution < -0.4 is 5.32 Å². The molecule has 1 rings (SSSR count). The third kappa shape index (κ3) is 2.96. The largest absolute Gasteiger partial charge is 0.388 e. The van der Waals surface area contributed by atoms with Gasteiger partial charge in [-0.3, -0.25) is 0 Å². The summed E-state index contributed by atoms with van der Waals surface area (Å²) < 4.78 is 0. The van der Waals surface area contributed by atoms with Crippen molar-refractivity contribution in [2.24, 2.45) is 0 Å². The van der Waals surface area contributed by atoms with Crippen molar-refractivity contribution in [1.29, 1.82) is 0 Å². The molecule has 1 aromatic heterocycles. The second-order valence-electron chi connectivity index (χ2n) is 3.38. The molecular weight excluding hydrogens is 178 g/mol. The summed E-state index contributed by atoms with van der Waals surface area (Å²) in [6.45, 7) is 4.48. The molecule has 0 unspecified atom stereocenters. The summed E-state index contributed by atoms with van der Waals surface area (Å²) in [4.78, 5) is 7.83. The number of hydrogen-bond acceptors (Lipinski definition) is 4. The molecule has 0 bridgehead atoms. The summed E-state index contributed by atoms with van der Waals surface area (Å²) in [7, 11) is 0. The van der Waals surface area contributed by atoms with Crippen LogP contribution in [0.4, 0.5) is 5.82 Å². The highest BCUT2D eigenvalue weighted by Crippen LogP contribution is 2.14. The molecule has 0 aromatic carbocycles. The van der Waals surface area contributed by atoms with Gasteiger partial charge in [0.15, 0.2) is 0 Å². The first-order valence-electron chi connectivity index (χ1n) is 4.92. The van der Waals surface area contributed by atoms with Crippen molar-refractivity contribution in [2.45, 2.75) is 32.3 Å². The van der Waals surface area contributed by atoms with E-state index in [0.717, 1.165) is 18.7 Å². The van der Waals surface area contributed by atoms with E-state index in [1.54, 1.807) is 12.3 Å². The van der Waals surface area contributed by atoms with Gasteiger partial charge in [0.25, 0.3) is 0 Å². The lowest BCUT2D eigenvalue weighted by Crippen LogP contribution is -2.35. The summed E-state index contributed by atoms with van der Waals surface area (Å²) in [5.41, 5.74) is -0.634. The van der Waals surface area contributed by atoms with Crippen molar-refractivity contribution < 1.29 is 5.11 Å². The van der Waals surface area contributed by atoms with Crippen molar-refractivity contribution in [1.82, 2.24) is 9.97 Å². The fourth-order valence-electron chi connectivity index (χ4n) is 1.15. The van der Waals surface area contributed by atoms with Gasteiger partial charge >= 0.3 is 0 Å². The van der Waals surface area contributed by atoms with E-state index in [2.05, 4.69) is 15.3 Å². The smallest absolute Gasteiger partial charge is 0.129 e. The van der Waals surface area contributed by atoms with Crippen LogP contribution in [-0.2, 0) is 0 Å². The molecule has 0 atom stereocenters. The highest BCUT2D eigenvalue weighted by Gasteiger charge is 2.21. The monoisotopic (exact) mass is 195 g/mol. The lowest BCUT2D eigenvalue weighted by molar-refractivity contribution is 0.0456. The van der Waals surface area contributed by atoms with E-state index in [9.17, 15) is 5.11 Å². The van der Waals surface area contributed by atoms with Crippen LogP contribution in [0.25, 0.3) is 0 Å². The highest BCUT2D eigenvalue weighted by atomic mass is 16.3. The molecule has 4 nitrogen and oxygen atoms in total. The molecule has 2 N–H and O–H groups in total. The minimum atomic E-state index is -0.634. The number of anilines is 1. The molecule has 0 fully saturated rings. The van der Waals surface area contributed by atoms with Crippen LogP contribution in [0, 0.1) is 0 Å². The van der Waals surface area contributed by atoms with Gasteiger partial charge in [-0.15, -0.1) is 0 Å². The topological polar surface area (TPSA) is 58.0 Å². The van der Waals surface area contributed by atoms with Gasteiger partial charge in [-0.25, -0.2) is 9.97 Å². The van der Waals surface area contributed by atoms with Crippen LogP contribution in [0.2, 0.25) is 0 Å². The number of aliphatic hydroxyl groups is 1. The maximum atomic E-state index is 9.98. The number of hydrogen-bond donors (Lipinski definition) is 2. The molecule has 0 aliphatic heterocycles. The molecule has 0 saturated heterocycles. The SMILES string of the molecule is CCC(O)(CC)CNc1ccncn1. The van der Waals surface area contributed by atoms with Crippen molar-refractivity contribution in [3.8, 4) is 0 Å². The van der Waals surface area contributed by atoms with Gasteiger partial charge in [-0.2, -0.15) is 0 Å². The lowest BCUT2D eigenvalue weighted by Gasteiger charge is -2.25. The third-order valence-electron chi connectivity index (χ3n) is 2.50. The number of nitrogens with zero attached hydrogens (tertiary/aromatic N) is 2. The minimum absolute atomic E-state index is 0.525. The van der Waals surface area contributed by atoms with E-state index in [0.29, 0.717) is 6.54 Å². The Morgan fingerprint density at radius 3 is 2.64 bits per heavy atom. The van der Waals surface area contributed by atoms with Gasteiger partial charge in [0.2, 0.25) is 0 Å². The molecule has 78 valence electrons. The predicted octanol–water partition coefficient (Wildman–Crippen LogP) is 1.44. The molecular formula is C10H17N3O. The van der Waals surface area contributed by atoms with Crippen molar-refractivity contribution >= 4 is 5.82 Å². The third-order valence-corrected chi connectivity index (χ3v) is 2.50. The maximum absolute atomic E-state index is 9.98. The van der Waals surface area contributed by atoms with Crippen molar-refractivity contribution in [2.75, 3.05) is 11.9 Å². The Bertz CT molecular complexity index is 259. The molecule has 4 heteroatoms. The van der Waals surface area contributed by atoms with Gasteiger partial charge in [0.1, 0.15) is 12.1 Å². The summed E-state index contributed by atoms with van der Waals surface area (Å²) in [5.74, 6) is 0.750. The summed E-state index contributed by atoms with van der Waals surface area (Å²) in [5, 5.41) is 13.1. The maximum Gasteiger partial charge on any atom is 0.129 e. The van der Waals surface area contributed by atoms with E-state index >= 15 is 0 Å². The molecule has 0 radical (unpaired) electrons. The van der Waals surface area contributed by atoms with E-state index in [1.807, 2.05) is 13.8 Å². The minimum Gasteiger partial charge on any atom is -0.388 e. The molecule has 1 heterocycles. The molecule has 0 aliphatic carbocycles. The van der Waals surface area contributed by atoms with Crippen LogP contribution in [-0.4, -0.2) is 27.2 Å². The standard InChI is InChI=1S/C10H17N3O/c1-3-10(14,4-2)7-12-9-5-6-11-8-13-9/h5-6,8,14H,3-4,7H2,1-2H3,(H,11,12,13). The van der Waals surface area contributed by atoms with Gasteiger partial charge in [0.05, 0.1) is 5.60 Å². The van der Waals surface area contributed by atoms with Gasteiger partial charge in [-0.05, 0) is 18.9 Å². The summed E-state index contributed by atoms with van der Waals surface area (Å²) in [6.07, 6.45) is 4.63. The Morgan fingerprint density at radius 1 is 1.43 bits per heavy atom. The van der Waals surface area contributed by atoms with Crippen molar-refractivity contribution in [3.05, 3.63) is 18.6 Å². The zero-order chi connectivity index (χ0) is 10.4. The Morgan fingerprint density at radius 2 is 2.14 bits per heavy atom. The first-order chi connectivity index (χ1) is 6.70. The first kappa shape index (κ1) is 10.9. The Kier molecular flexibility index (Phi) is 3.83. The van der Waals surface area contributed by atoms with Crippen LogP contribution in [0.15, 0.2) is 18.6 Å². The first-order valence-corrected chi connectivity index (χ1v) is 4.92. The van der Waals surface area contributed by atoms with E-state index < -0.39 is 5.60 Å². The second kappa shape index (κ2) is 4.91. The zero-order valence-electron chi connectivity index (χ0n) is 8.70. The number of rotatable bonds is 5. The fraction of sp³-hybridized carbons (Fsp3) is 0.600. The quantitative estimate of drug-likeness (QED) is 0.746. The molecule has 0 spiro atoms. The highest BCUT2D eigenvalue weighted by molar-refractivity contribution is 5.31. The van der Waals surface area contributed by atoms with E-state index in [-0.39, 0.29) is 0 Å². The summed E-state index contributed by atoms with van der Waals surface area (Å²) in [6, 6.07) is 1.78. The Labute approximate surface area is 84.4 Å². The van der Waals surface area contributed by atoms with E-state index in [4.69, 9.17) is 0 Å². The number of nitrogens with one attached hydrogen (secondary N) is 1. The predicted molar refractivity (Wildman–Crippen MR) is 56.1 cm³/mol. The fourth-order valence-corrected chi connectivity index (χ4v) is 1.15.